The molecule has 1 heteroatoms. The van der Waals surface area contributed by atoms with Crippen molar-refractivity contribution in [1.29, 1.82) is 0 Å². The first kappa shape index (κ1) is 10.8. The molecular weight excluding hydrogens is 194 g/mol. The monoisotopic (exact) mass is 219 g/mol. The normalized spacial score (nSPS) is 37.8. The van der Waals surface area contributed by atoms with Crippen molar-refractivity contribution in [2.45, 2.75) is 63.8 Å². The van der Waals surface area contributed by atoms with Gasteiger partial charge in [-0.2, -0.15) is 0 Å². The van der Waals surface area contributed by atoms with Crippen LogP contribution >= 0.6 is 0 Å². The maximum atomic E-state index is 3.82. The molecule has 1 nitrogen and oxygen atoms in total. The van der Waals surface area contributed by atoms with Gasteiger partial charge in [-0.15, -0.1) is 0 Å². The van der Waals surface area contributed by atoms with E-state index < -0.39 is 0 Å². The van der Waals surface area contributed by atoms with Crippen LogP contribution in [0.3, 0.4) is 0 Å². The lowest BCUT2D eigenvalue weighted by Crippen LogP contribution is -2.34. The molecule has 0 radical (unpaired) electrons. The average Bonchev–Trinajstić information content (AvgIpc) is 2.92. The number of hydrogen-bond acceptors (Lipinski definition) is 1. The van der Waals surface area contributed by atoms with E-state index in [1.807, 2.05) is 0 Å². The third-order valence-corrected chi connectivity index (χ3v) is 4.98. The summed E-state index contributed by atoms with van der Waals surface area (Å²) in [4.78, 5) is 0. The molecule has 0 heterocycles. The first-order valence-corrected chi connectivity index (χ1v) is 7.33. The van der Waals surface area contributed by atoms with Gasteiger partial charge in [0.25, 0.3) is 0 Å². The van der Waals surface area contributed by atoms with Gasteiger partial charge in [-0.3, -0.25) is 0 Å². The lowest BCUT2D eigenvalue weighted by atomic mass is 9.94. The van der Waals surface area contributed by atoms with Crippen LogP contribution in [0.1, 0.15) is 57.8 Å². The molecule has 2 bridgehead atoms. The third-order valence-electron chi connectivity index (χ3n) is 4.98. The molecule has 0 amide bonds. The fourth-order valence-corrected chi connectivity index (χ4v) is 4.04. The minimum absolute atomic E-state index is 0.878. The molecule has 3 aliphatic rings. The smallest absolute Gasteiger partial charge is 0.00981 e. The van der Waals surface area contributed by atoms with Gasteiger partial charge in [0, 0.05) is 6.04 Å². The summed E-state index contributed by atoms with van der Waals surface area (Å²) in [5, 5.41) is 3.82. The zero-order valence-electron chi connectivity index (χ0n) is 10.4. The predicted octanol–water partition coefficient (Wildman–Crippen LogP) is 3.66. The number of nitrogens with one attached hydrogen (secondary N) is 1. The molecule has 90 valence electrons. The van der Waals surface area contributed by atoms with Gasteiger partial charge in [0.2, 0.25) is 0 Å². The molecule has 2 saturated carbocycles. The number of fused-ring (bicyclic) bond motifs is 2. The second-order valence-electron chi connectivity index (χ2n) is 6.09. The topological polar surface area (TPSA) is 12.0 Å². The van der Waals surface area contributed by atoms with Crippen LogP contribution in [0.2, 0.25) is 0 Å². The summed E-state index contributed by atoms with van der Waals surface area (Å²) in [6.07, 6.45) is 15.4. The number of allylic oxidation sites excluding steroid dienone is 1. The van der Waals surface area contributed by atoms with Crippen LogP contribution in [0, 0.1) is 11.8 Å². The van der Waals surface area contributed by atoms with Gasteiger partial charge in [0.1, 0.15) is 0 Å². The Morgan fingerprint density at radius 2 is 2.19 bits per heavy atom. The van der Waals surface area contributed by atoms with Crippen molar-refractivity contribution in [3.8, 4) is 0 Å². The van der Waals surface area contributed by atoms with E-state index in [0.29, 0.717) is 0 Å². The van der Waals surface area contributed by atoms with Gasteiger partial charge >= 0.3 is 0 Å². The van der Waals surface area contributed by atoms with E-state index in [4.69, 9.17) is 0 Å². The van der Waals surface area contributed by atoms with Crippen molar-refractivity contribution in [3.63, 3.8) is 0 Å². The Bertz CT molecular complexity index is 269. The Morgan fingerprint density at radius 1 is 1.19 bits per heavy atom. The lowest BCUT2D eigenvalue weighted by Gasteiger charge is -2.23. The van der Waals surface area contributed by atoms with Crippen molar-refractivity contribution in [2.24, 2.45) is 11.8 Å². The van der Waals surface area contributed by atoms with E-state index in [0.717, 1.165) is 17.9 Å². The first-order chi connectivity index (χ1) is 7.92. The van der Waals surface area contributed by atoms with Crippen LogP contribution in [0.15, 0.2) is 11.6 Å². The molecule has 3 atom stereocenters. The highest BCUT2D eigenvalue weighted by Gasteiger charge is 2.38. The maximum absolute atomic E-state index is 3.82. The summed E-state index contributed by atoms with van der Waals surface area (Å²) in [6.45, 7) is 1.24. The molecule has 0 aliphatic heterocycles. The van der Waals surface area contributed by atoms with E-state index in [9.17, 15) is 0 Å². The summed E-state index contributed by atoms with van der Waals surface area (Å²) in [5.74, 6) is 2.11. The standard InChI is InChI=1S/C15H25N/c1-2-4-12(5-3-1)8-9-16-15-11-13-6-7-14(15)10-13/h4,13-16H,1-3,5-11H2. The summed E-state index contributed by atoms with van der Waals surface area (Å²) < 4.78 is 0. The zero-order chi connectivity index (χ0) is 10.8. The van der Waals surface area contributed by atoms with Crippen molar-refractivity contribution < 1.29 is 0 Å². The lowest BCUT2D eigenvalue weighted by molar-refractivity contribution is 0.353. The molecule has 3 aliphatic carbocycles. The Hall–Kier alpha value is -0.300. The van der Waals surface area contributed by atoms with Crippen LogP contribution in [0.25, 0.3) is 0 Å². The van der Waals surface area contributed by atoms with Crippen LogP contribution in [-0.2, 0) is 0 Å². The van der Waals surface area contributed by atoms with Crippen molar-refractivity contribution in [3.05, 3.63) is 11.6 Å². The molecule has 0 aromatic carbocycles. The van der Waals surface area contributed by atoms with Gasteiger partial charge in [-0.05, 0) is 69.7 Å². The molecular formula is C15H25N. The van der Waals surface area contributed by atoms with Crippen LogP contribution in [0.4, 0.5) is 0 Å². The van der Waals surface area contributed by atoms with Gasteiger partial charge in [-0.1, -0.05) is 18.1 Å². The quantitative estimate of drug-likeness (QED) is 0.712. The molecule has 0 saturated heterocycles. The molecule has 0 aromatic heterocycles. The fourth-order valence-electron chi connectivity index (χ4n) is 4.04. The Kier molecular flexibility index (Phi) is 3.32. The van der Waals surface area contributed by atoms with E-state index in [2.05, 4.69) is 11.4 Å². The average molecular weight is 219 g/mol. The molecule has 1 N–H and O–H groups in total. The maximum Gasteiger partial charge on any atom is 0.00981 e. The Morgan fingerprint density at radius 3 is 2.88 bits per heavy atom. The highest BCUT2D eigenvalue weighted by molar-refractivity contribution is 5.05. The molecule has 2 fully saturated rings. The van der Waals surface area contributed by atoms with E-state index in [1.54, 1.807) is 5.57 Å². The van der Waals surface area contributed by atoms with Crippen LogP contribution in [0.5, 0.6) is 0 Å². The largest absolute Gasteiger partial charge is 0.313 e. The number of hydrogen-bond donors (Lipinski definition) is 1. The van der Waals surface area contributed by atoms with Crippen molar-refractivity contribution in [1.82, 2.24) is 5.32 Å². The van der Waals surface area contributed by atoms with Crippen molar-refractivity contribution in [2.75, 3.05) is 6.54 Å². The first-order valence-electron chi connectivity index (χ1n) is 7.33. The van der Waals surface area contributed by atoms with E-state index >= 15 is 0 Å². The van der Waals surface area contributed by atoms with Crippen molar-refractivity contribution >= 4 is 0 Å². The highest BCUT2D eigenvalue weighted by Crippen LogP contribution is 2.44. The second-order valence-corrected chi connectivity index (χ2v) is 6.09. The Labute approximate surface area is 99.7 Å². The van der Waals surface area contributed by atoms with Crippen LogP contribution < -0.4 is 5.32 Å². The highest BCUT2D eigenvalue weighted by atomic mass is 14.9. The summed E-state index contributed by atoms with van der Waals surface area (Å²) in [7, 11) is 0. The molecule has 0 spiro atoms. The van der Waals surface area contributed by atoms with Gasteiger partial charge in [-0.25, -0.2) is 0 Å². The zero-order valence-corrected chi connectivity index (χ0v) is 10.4. The Balaban J connectivity index is 1.39. The van der Waals surface area contributed by atoms with E-state index in [1.165, 1.54) is 64.3 Å². The predicted molar refractivity (Wildman–Crippen MR) is 68.4 cm³/mol. The molecule has 3 unspecified atom stereocenters. The third kappa shape index (κ3) is 2.34. The fraction of sp³-hybridized carbons (Fsp3) is 0.867. The SMILES string of the molecule is C1=C(CCNC2CC3CCC2C3)CCCC1. The summed E-state index contributed by atoms with van der Waals surface area (Å²) in [5.41, 5.74) is 1.72. The molecule has 3 rings (SSSR count). The summed E-state index contributed by atoms with van der Waals surface area (Å²) >= 11 is 0. The van der Waals surface area contributed by atoms with E-state index in [-0.39, 0.29) is 0 Å². The molecule has 0 aromatic rings. The summed E-state index contributed by atoms with van der Waals surface area (Å²) in [6, 6.07) is 0.878. The molecule has 16 heavy (non-hydrogen) atoms. The van der Waals surface area contributed by atoms with Crippen LogP contribution in [-0.4, -0.2) is 12.6 Å². The van der Waals surface area contributed by atoms with Gasteiger partial charge in [0.05, 0.1) is 0 Å². The van der Waals surface area contributed by atoms with Gasteiger partial charge in [0.15, 0.2) is 0 Å². The second kappa shape index (κ2) is 4.91. The minimum Gasteiger partial charge on any atom is -0.313 e. The minimum atomic E-state index is 0.878. The number of rotatable bonds is 4. The van der Waals surface area contributed by atoms with Gasteiger partial charge < -0.3 is 5.32 Å².